The number of carbonyl (C=O) groups is 6. The summed E-state index contributed by atoms with van der Waals surface area (Å²) in [5, 5.41) is 3.23. The number of nitrogens with zero attached hydrogens (tertiary/aromatic N) is 3. The molecule has 69 heavy (non-hydrogen) atoms. The smallest absolute Gasteiger partial charge is 0.345 e. The zero-order valence-corrected chi connectivity index (χ0v) is 41.3. The summed E-state index contributed by atoms with van der Waals surface area (Å²) in [6.45, 7) is 20.3. The Hall–Kier alpha value is -7.49. The number of esters is 6. The van der Waals surface area contributed by atoms with Gasteiger partial charge in [0.25, 0.3) is 0 Å². The van der Waals surface area contributed by atoms with Gasteiger partial charge >= 0.3 is 35.8 Å². The summed E-state index contributed by atoms with van der Waals surface area (Å²) < 4.78 is 31.8. The lowest BCUT2D eigenvalue weighted by Crippen LogP contribution is -2.23. The molecule has 0 saturated carbocycles. The minimum atomic E-state index is -0.801. The molecule has 0 amide bonds. The van der Waals surface area contributed by atoms with Gasteiger partial charge in [-0.3, -0.25) is 0 Å². The van der Waals surface area contributed by atoms with E-state index in [1.165, 1.54) is 18.2 Å². The van der Waals surface area contributed by atoms with Crippen molar-refractivity contribution in [3.63, 3.8) is 0 Å². The number of hydrogen-bond donors (Lipinski definition) is 1. The lowest BCUT2D eigenvalue weighted by Gasteiger charge is -2.13. The van der Waals surface area contributed by atoms with Gasteiger partial charge in [0, 0.05) is 18.5 Å². The Kier molecular flexibility index (Phi) is 20.1. The Morgan fingerprint density at radius 3 is 0.884 bits per heavy atom. The van der Waals surface area contributed by atoms with Crippen LogP contribution in [0.3, 0.4) is 0 Å². The first-order valence-corrected chi connectivity index (χ1v) is 22.7. The van der Waals surface area contributed by atoms with E-state index in [1.54, 1.807) is 132 Å². The molecule has 0 saturated heterocycles. The van der Waals surface area contributed by atoms with E-state index in [1.807, 2.05) is 24.3 Å². The molecule has 0 aliphatic carbocycles. The van der Waals surface area contributed by atoms with Crippen molar-refractivity contribution in [2.45, 2.75) is 133 Å². The van der Waals surface area contributed by atoms with Gasteiger partial charge in [-0.1, -0.05) is 60.7 Å². The number of ether oxygens (including phenoxy) is 6. The Bertz CT molecular complexity index is 2170. The van der Waals surface area contributed by atoms with Crippen molar-refractivity contribution in [1.29, 1.82) is 0 Å². The highest BCUT2D eigenvalue weighted by Crippen LogP contribution is 2.22. The van der Waals surface area contributed by atoms with Crippen LogP contribution in [0.2, 0.25) is 0 Å². The third kappa shape index (κ3) is 18.3. The average molecular weight is 947 g/mol. The highest BCUT2D eigenvalue weighted by molar-refractivity contribution is 6.19. The van der Waals surface area contributed by atoms with Gasteiger partial charge < -0.3 is 33.7 Å². The molecule has 4 rings (SSSR count). The van der Waals surface area contributed by atoms with Gasteiger partial charge in [0.2, 0.25) is 5.95 Å². The van der Waals surface area contributed by atoms with Crippen molar-refractivity contribution >= 4 is 65.7 Å². The SMILES string of the molecule is CC(C)OC(=O)C(=Cc1ccc(Cc2nc(Cc3ccc(C=C(C(=O)OC(C)C)C(=O)OC(C)C)cc3)nc(Nc3ccc(C=C(C(=O)OC(C)C)C(=O)OC(C)C)cc3)n2)cc1)C(=O)OC(C)C. The van der Waals surface area contributed by atoms with Gasteiger partial charge in [-0.15, -0.1) is 0 Å². The number of benzene rings is 3. The van der Waals surface area contributed by atoms with E-state index in [9.17, 15) is 28.8 Å². The second-order valence-electron chi connectivity index (χ2n) is 17.5. The summed E-state index contributed by atoms with van der Waals surface area (Å²) in [4.78, 5) is 91.5. The molecule has 0 atom stereocenters. The first-order valence-electron chi connectivity index (χ1n) is 22.7. The third-order valence-electron chi connectivity index (χ3n) is 8.89. The van der Waals surface area contributed by atoms with Crippen molar-refractivity contribution in [2.75, 3.05) is 5.32 Å². The maximum atomic E-state index is 12.9. The molecule has 366 valence electrons. The molecule has 0 unspecified atom stereocenters. The van der Waals surface area contributed by atoms with E-state index < -0.39 is 72.4 Å². The minimum Gasteiger partial charge on any atom is -0.459 e. The zero-order valence-electron chi connectivity index (χ0n) is 41.3. The maximum absolute atomic E-state index is 12.9. The average Bonchev–Trinajstić information content (AvgIpc) is 3.23. The first kappa shape index (κ1) is 54.1. The lowest BCUT2D eigenvalue weighted by atomic mass is 10.1. The maximum Gasteiger partial charge on any atom is 0.345 e. The van der Waals surface area contributed by atoms with Crippen LogP contribution in [0, 0.1) is 0 Å². The van der Waals surface area contributed by atoms with Crippen LogP contribution in [0.4, 0.5) is 11.6 Å². The van der Waals surface area contributed by atoms with Gasteiger partial charge in [-0.2, -0.15) is 9.97 Å². The Morgan fingerprint density at radius 2 is 0.638 bits per heavy atom. The zero-order chi connectivity index (χ0) is 50.9. The number of aromatic nitrogens is 3. The van der Waals surface area contributed by atoms with Crippen LogP contribution in [0.25, 0.3) is 18.2 Å². The Labute approximate surface area is 403 Å². The highest BCUT2D eigenvalue weighted by atomic mass is 16.6. The van der Waals surface area contributed by atoms with Crippen LogP contribution in [-0.4, -0.2) is 87.4 Å². The largest absolute Gasteiger partial charge is 0.459 e. The molecule has 1 heterocycles. The van der Waals surface area contributed by atoms with E-state index >= 15 is 0 Å². The molecule has 1 N–H and O–H groups in total. The molecule has 0 bridgehead atoms. The van der Waals surface area contributed by atoms with Crippen LogP contribution in [-0.2, 0) is 70.0 Å². The summed E-state index contributed by atoms with van der Waals surface area (Å²) in [5.41, 5.74) is 3.15. The van der Waals surface area contributed by atoms with E-state index in [4.69, 9.17) is 43.4 Å². The van der Waals surface area contributed by atoms with Crippen LogP contribution < -0.4 is 5.32 Å². The molecule has 16 heteroatoms. The predicted molar refractivity (Wildman–Crippen MR) is 259 cm³/mol. The standard InChI is InChI=1S/C53H62N4O12/c1-30(2)64-47(58)42(48(59)65-31(3)4)25-36-13-17-39(18-14-36)28-45-55-46(29-40-19-15-37(16-20-40)26-43(49(60)66-32(5)6)50(61)67-33(7)8)57-53(56-45)54-41-23-21-38(22-24-41)27-44(51(62)68-34(9)10)52(63)69-35(11)12/h13-27,30-35H,28-29H2,1-12H3,(H,54,55,56,57). The van der Waals surface area contributed by atoms with Crippen molar-refractivity contribution in [1.82, 2.24) is 15.0 Å². The molecule has 4 aromatic rings. The van der Waals surface area contributed by atoms with Crippen LogP contribution >= 0.6 is 0 Å². The van der Waals surface area contributed by atoms with E-state index in [-0.39, 0.29) is 35.5 Å². The predicted octanol–water partition coefficient (Wildman–Crippen LogP) is 8.66. The molecule has 0 spiro atoms. The van der Waals surface area contributed by atoms with Gasteiger partial charge in [0.1, 0.15) is 28.4 Å². The van der Waals surface area contributed by atoms with Gasteiger partial charge in [0.05, 0.1) is 36.6 Å². The molecular formula is C53H62N4O12. The minimum absolute atomic E-state index is 0.230. The van der Waals surface area contributed by atoms with Gasteiger partial charge in [-0.05, 0) is 141 Å². The first-order chi connectivity index (χ1) is 32.5. The van der Waals surface area contributed by atoms with Gasteiger partial charge in [0.15, 0.2) is 0 Å². The van der Waals surface area contributed by atoms with E-state index in [0.717, 1.165) is 11.1 Å². The fraction of sp³-hybridized carbons (Fsp3) is 0.377. The third-order valence-corrected chi connectivity index (χ3v) is 8.89. The number of hydrogen-bond acceptors (Lipinski definition) is 16. The second kappa shape index (κ2) is 25.6. The Balaban J connectivity index is 1.70. The molecule has 0 aliphatic rings. The molecule has 3 aromatic carbocycles. The summed E-state index contributed by atoms with van der Waals surface area (Å²) >= 11 is 0. The second-order valence-corrected chi connectivity index (χ2v) is 17.5. The van der Waals surface area contributed by atoms with Crippen LogP contribution in [0.5, 0.6) is 0 Å². The molecule has 16 nitrogen and oxygen atoms in total. The molecule has 0 aliphatic heterocycles. The fourth-order valence-corrected chi connectivity index (χ4v) is 6.07. The molecule has 1 aromatic heterocycles. The molecule has 0 radical (unpaired) electrons. The number of carbonyl (C=O) groups excluding carboxylic acids is 6. The lowest BCUT2D eigenvalue weighted by molar-refractivity contribution is -0.152. The summed E-state index contributed by atoms with van der Waals surface area (Å²) in [6.07, 6.45) is 2.10. The Morgan fingerprint density at radius 1 is 0.391 bits per heavy atom. The molecule has 0 fully saturated rings. The summed E-state index contributed by atoms with van der Waals surface area (Å²) in [6, 6.07) is 21.2. The van der Waals surface area contributed by atoms with E-state index in [0.29, 0.717) is 34.0 Å². The van der Waals surface area contributed by atoms with Crippen molar-refractivity contribution in [3.8, 4) is 0 Å². The number of anilines is 2. The molecular weight excluding hydrogens is 885 g/mol. The van der Waals surface area contributed by atoms with Gasteiger partial charge in [-0.25, -0.2) is 33.8 Å². The topological polar surface area (TPSA) is 208 Å². The normalized spacial score (nSPS) is 11.0. The fourth-order valence-electron chi connectivity index (χ4n) is 6.07. The van der Waals surface area contributed by atoms with Crippen molar-refractivity contribution in [3.05, 3.63) is 129 Å². The number of rotatable bonds is 21. The highest BCUT2D eigenvalue weighted by Gasteiger charge is 2.26. The van der Waals surface area contributed by atoms with Crippen LogP contribution in [0.15, 0.2) is 89.5 Å². The summed E-state index contributed by atoms with van der Waals surface area (Å²) in [7, 11) is 0. The summed E-state index contributed by atoms with van der Waals surface area (Å²) in [5.74, 6) is -3.71. The quantitative estimate of drug-likeness (QED) is 0.0272. The van der Waals surface area contributed by atoms with Crippen molar-refractivity contribution < 1.29 is 57.2 Å². The van der Waals surface area contributed by atoms with Crippen molar-refractivity contribution in [2.24, 2.45) is 0 Å². The van der Waals surface area contributed by atoms with E-state index in [2.05, 4.69) is 5.32 Å². The number of nitrogens with one attached hydrogen (secondary N) is 1. The monoisotopic (exact) mass is 946 g/mol. The van der Waals surface area contributed by atoms with Crippen LogP contribution in [0.1, 0.15) is 123 Å².